The summed E-state index contributed by atoms with van der Waals surface area (Å²) in [4.78, 5) is 23.3. The second kappa shape index (κ2) is 6.00. The van der Waals surface area contributed by atoms with Crippen molar-refractivity contribution in [2.45, 2.75) is 6.92 Å². The number of anilines is 1. The van der Waals surface area contributed by atoms with Crippen molar-refractivity contribution in [3.8, 4) is 0 Å². The highest BCUT2D eigenvalue weighted by atomic mass is 16.5. The Morgan fingerprint density at radius 1 is 1.35 bits per heavy atom. The van der Waals surface area contributed by atoms with Crippen LogP contribution in [0.25, 0.3) is 0 Å². The quantitative estimate of drug-likeness (QED) is 0.831. The molecule has 0 spiro atoms. The first kappa shape index (κ1) is 13.2. The molecular formula is C12H15NO4. The molecule has 0 saturated heterocycles. The van der Waals surface area contributed by atoms with Crippen LogP contribution in [0.5, 0.6) is 0 Å². The van der Waals surface area contributed by atoms with Crippen molar-refractivity contribution < 1.29 is 19.4 Å². The Hall–Kier alpha value is -1.88. The van der Waals surface area contributed by atoms with Gasteiger partial charge in [-0.05, 0) is 24.6 Å². The number of benzene rings is 1. The maximum absolute atomic E-state index is 11.6. The summed E-state index contributed by atoms with van der Waals surface area (Å²) < 4.78 is 4.74. The molecule has 0 radical (unpaired) electrons. The molecule has 1 N–H and O–H groups in total. The summed E-state index contributed by atoms with van der Waals surface area (Å²) in [6.07, 6.45) is 0. The Morgan fingerprint density at radius 2 is 2.06 bits per heavy atom. The van der Waals surface area contributed by atoms with Crippen LogP contribution in [-0.4, -0.2) is 37.2 Å². The molecule has 5 heteroatoms. The molecule has 0 aromatic heterocycles. The third-order valence-corrected chi connectivity index (χ3v) is 2.21. The van der Waals surface area contributed by atoms with Gasteiger partial charge in [0.15, 0.2) is 0 Å². The number of hydrogen-bond donors (Lipinski definition) is 1. The SMILES string of the molecule is Cc1cccc(N(C)C(=O)COCC(=O)O)c1. The molecular weight excluding hydrogens is 222 g/mol. The summed E-state index contributed by atoms with van der Waals surface area (Å²) in [5, 5.41) is 8.37. The van der Waals surface area contributed by atoms with Crippen molar-refractivity contribution >= 4 is 17.6 Å². The number of nitrogens with zero attached hydrogens (tertiary/aromatic N) is 1. The highest BCUT2D eigenvalue weighted by Gasteiger charge is 2.11. The van der Waals surface area contributed by atoms with Crippen LogP contribution < -0.4 is 4.90 Å². The summed E-state index contributed by atoms with van der Waals surface area (Å²) >= 11 is 0. The van der Waals surface area contributed by atoms with E-state index in [-0.39, 0.29) is 12.5 Å². The molecule has 17 heavy (non-hydrogen) atoms. The third-order valence-electron chi connectivity index (χ3n) is 2.21. The van der Waals surface area contributed by atoms with Crippen molar-refractivity contribution in [1.82, 2.24) is 0 Å². The predicted octanol–water partition coefficient (Wildman–Crippen LogP) is 1.06. The largest absolute Gasteiger partial charge is 0.480 e. The van der Waals surface area contributed by atoms with Crippen molar-refractivity contribution in [1.29, 1.82) is 0 Å². The van der Waals surface area contributed by atoms with Gasteiger partial charge in [-0.2, -0.15) is 0 Å². The van der Waals surface area contributed by atoms with E-state index in [2.05, 4.69) is 0 Å². The Kier molecular flexibility index (Phi) is 4.66. The number of aryl methyl sites for hydroxylation is 1. The highest BCUT2D eigenvalue weighted by molar-refractivity contribution is 5.93. The van der Waals surface area contributed by atoms with Gasteiger partial charge in [-0.3, -0.25) is 4.79 Å². The smallest absolute Gasteiger partial charge is 0.329 e. The third kappa shape index (κ3) is 4.24. The van der Waals surface area contributed by atoms with Gasteiger partial charge in [0, 0.05) is 12.7 Å². The van der Waals surface area contributed by atoms with Crippen molar-refractivity contribution in [3.63, 3.8) is 0 Å². The monoisotopic (exact) mass is 237 g/mol. The molecule has 0 aliphatic rings. The average Bonchev–Trinajstić information content (AvgIpc) is 2.27. The van der Waals surface area contributed by atoms with E-state index >= 15 is 0 Å². The fraction of sp³-hybridized carbons (Fsp3) is 0.333. The minimum atomic E-state index is -1.09. The van der Waals surface area contributed by atoms with Gasteiger partial charge in [-0.25, -0.2) is 4.79 Å². The van der Waals surface area contributed by atoms with Gasteiger partial charge in [-0.1, -0.05) is 12.1 Å². The molecule has 1 aromatic carbocycles. The lowest BCUT2D eigenvalue weighted by atomic mass is 10.2. The number of likely N-dealkylation sites (N-methyl/N-ethyl adjacent to an activating group) is 1. The molecule has 0 bridgehead atoms. The maximum atomic E-state index is 11.6. The number of amides is 1. The second-order valence-electron chi connectivity index (χ2n) is 3.68. The molecule has 5 nitrogen and oxygen atoms in total. The average molecular weight is 237 g/mol. The minimum Gasteiger partial charge on any atom is -0.480 e. The summed E-state index contributed by atoms with van der Waals surface area (Å²) in [6.45, 7) is 1.23. The van der Waals surface area contributed by atoms with Crippen LogP contribution in [0.3, 0.4) is 0 Å². The van der Waals surface area contributed by atoms with E-state index in [4.69, 9.17) is 9.84 Å². The van der Waals surface area contributed by atoms with Crippen LogP contribution >= 0.6 is 0 Å². The first-order valence-electron chi connectivity index (χ1n) is 5.13. The summed E-state index contributed by atoms with van der Waals surface area (Å²) in [5.74, 6) is -1.37. The molecule has 1 aromatic rings. The highest BCUT2D eigenvalue weighted by Crippen LogP contribution is 2.14. The Labute approximate surface area is 99.6 Å². The number of ether oxygens (including phenoxy) is 1. The molecule has 0 heterocycles. The molecule has 0 fully saturated rings. The Morgan fingerprint density at radius 3 is 2.65 bits per heavy atom. The van der Waals surface area contributed by atoms with Crippen molar-refractivity contribution in [3.05, 3.63) is 29.8 Å². The topological polar surface area (TPSA) is 66.8 Å². The van der Waals surface area contributed by atoms with Crippen LogP contribution in [0.4, 0.5) is 5.69 Å². The number of aliphatic carboxylic acids is 1. The van der Waals surface area contributed by atoms with Crippen LogP contribution in [0.15, 0.2) is 24.3 Å². The van der Waals surface area contributed by atoms with Gasteiger partial charge in [0.1, 0.15) is 13.2 Å². The van der Waals surface area contributed by atoms with Gasteiger partial charge in [0.05, 0.1) is 0 Å². The van der Waals surface area contributed by atoms with Crippen molar-refractivity contribution in [2.75, 3.05) is 25.2 Å². The van der Waals surface area contributed by atoms with E-state index in [1.807, 2.05) is 31.2 Å². The normalized spacial score (nSPS) is 10.0. The Balaban J connectivity index is 2.54. The fourth-order valence-corrected chi connectivity index (χ4v) is 1.30. The zero-order valence-corrected chi connectivity index (χ0v) is 9.84. The molecule has 0 unspecified atom stereocenters. The number of rotatable bonds is 5. The van der Waals surface area contributed by atoms with E-state index in [1.165, 1.54) is 4.90 Å². The molecule has 1 rings (SSSR count). The number of carbonyl (C=O) groups is 2. The molecule has 0 saturated carbocycles. The van der Waals surface area contributed by atoms with Gasteiger partial charge < -0.3 is 14.7 Å². The first-order valence-corrected chi connectivity index (χ1v) is 5.13. The summed E-state index contributed by atoms with van der Waals surface area (Å²) in [5.41, 5.74) is 1.81. The molecule has 0 aliphatic carbocycles. The van der Waals surface area contributed by atoms with Gasteiger partial charge in [0.2, 0.25) is 0 Å². The number of carboxylic acid groups (broad SMARTS) is 1. The minimum absolute atomic E-state index is 0.239. The van der Waals surface area contributed by atoms with Gasteiger partial charge in [-0.15, -0.1) is 0 Å². The Bertz CT molecular complexity index is 417. The van der Waals surface area contributed by atoms with Crippen LogP contribution in [0, 0.1) is 6.92 Å². The van der Waals surface area contributed by atoms with Crippen LogP contribution in [0.2, 0.25) is 0 Å². The van der Waals surface area contributed by atoms with E-state index < -0.39 is 12.6 Å². The van der Waals surface area contributed by atoms with Gasteiger partial charge >= 0.3 is 5.97 Å². The predicted molar refractivity (Wildman–Crippen MR) is 63.0 cm³/mol. The van der Waals surface area contributed by atoms with E-state index in [1.54, 1.807) is 7.05 Å². The van der Waals surface area contributed by atoms with Gasteiger partial charge in [0.25, 0.3) is 5.91 Å². The van der Waals surface area contributed by atoms with Crippen LogP contribution in [-0.2, 0) is 14.3 Å². The maximum Gasteiger partial charge on any atom is 0.329 e. The van der Waals surface area contributed by atoms with E-state index in [0.29, 0.717) is 0 Å². The zero-order chi connectivity index (χ0) is 12.8. The summed E-state index contributed by atoms with van der Waals surface area (Å²) in [6, 6.07) is 7.46. The fourth-order valence-electron chi connectivity index (χ4n) is 1.30. The lowest BCUT2D eigenvalue weighted by Gasteiger charge is -2.17. The second-order valence-corrected chi connectivity index (χ2v) is 3.68. The van der Waals surface area contributed by atoms with Crippen LogP contribution in [0.1, 0.15) is 5.56 Å². The molecule has 0 aliphatic heterocycles. The lowest BCUT2D eigenvalue weighted by molar-refractivity contribution is -0.143. The van der Waals surface area contributed by atoms with E-state index in [9.17, 15) is 9.59 Å². The lowest BCUT2D eigenvalue weighted by Crippen LogP contribution is -2.30. The first-order chi connectivity index (χ1) is 8.00. The summed E-state index contributed by atoms with van der Waals surface area (Å²) in [7, 11) is 1.63. The standard InChI is InChI=1S/C12H15NO4/c1-9-4-3-5-10(6-9)13(2)11(14)7-17-8-12(15)16/h3-6H,7-8H2,1-2H3,(H,15,16). The van der Waals surface area contributed by atoms with Crippen molar-refractivity contribution in [2.24, 2.45) is 0 Å². The zero-order valence-electron chi connectivity index (χ0n) is 9.84. The van der Waals surface area contributed by atoms with E-state index in [0.717, 1.165) is 11.3 Å². The number of carbonyl (C=O) groups excluding carboxylic acids is 1. The molecule has 92 valence electrons. The number of carboxylic acids is 1. The molecule has 0 atom stereocenters. The molecule has 1 amide bonds. The number of hydrogen-bond acceptors (Lipinski definition) is 3.